The van der Waals surface area contributed by atoms with Gasteiger partial charge in [-0.2, -0.15) is 0 Å². The van der Waals surface area contributed by atoms with Crippen molar-refractivity contribution in [1.29, 1.82) is 0 Å². The van der Waals surface area contributed by atoms with Gasteiger partial charge in [-0.1, -0.05) is 226 Å². The highest BCUT2D eigenvalue weighted by Crippen LogP contribution is 2.16. The molecule has 63 heavy (non-hydrogen) atoms. The van der Waals surface area contributed by atoms with Gasteiger partial charge in [0.05, 0.1) is 25.2 Å². The van der Waals surface area contributed by atoms with E-state index in [0.29, 0.717) is 25.7 Å². The molecular weight excluding hydrogens is 779 g/mol. The van der Waals surface area contributed by atoms with E-state index in [2.05, 4.69) is 99.0 Å². The number of nitrogens with one attached hydrogen (secondary N) is 1. The van der Waals surface area contributed by atoms with Gasteiger partial charge in [-0.3, -0.25) is 9.59 Å². The van der Waals surface area contributed by atoms with E-state index >= 15 is 0 Å². The second-order valence-electron chi connectivity index (χ2n) is 17.0. The summed E-state index contributed by atoms with van der Waals surface area (Å²) in [6, 6.07) is -0.733. The van der Waals surface area contributed by atoms with Gasteiger partial charge in [0.15, 0.2) is 0 Å². The third-order valence-electron chi connectivity index (χ3n) is 10.9. The number of rotatable bonds is 44. The first kappa shape index (κ1) is 59.5. The summed E-state index contributed by atoms with van der Waals surface area (Å²) in [5.74, 6) is -0.593. The Balaban J connectivity index is 4.81. The fourth-order valence-corrected chi connectivity index (χ4v) is 7.04. The molecule has 0 aliphatic carbocycles. The van der Waals surface area contributed by atoms with Crippen LogP contribution in [0.25, 0.3) is 0 Å². The molecule has 0 rings (SSSR count). The van der Waals surface area contributed by atoms with Gasteiger partial charge < -0.3 is 20.3 Å². The van der Waals surface area contributed by atoms with E-state index < -0.39 is 18.2 Å². The maximum atomic E-state index is 13.2. The zero-order valence-electron chi connectivity index (χ0n) is 40.7. The van der Waals surface area contributed by atoms with Crippen molar-refractivity contribution in [3.63, 3.8) is 0 Å². The molecule has 1 amide bonds. The fraction of sp³-hybridized carbons (Fsp3) is 0.649. The number of amides is 1. The van der Waals surface area contributed by atoms with Crippen LogP contribution in [0.1, 0.15) is 213 Å². The molecule has 3 N–H and O–H groups in total. The first-order chi connectivity index (χ1) is 31.0. The normalized spacial score (nSPS) is 14.2. The lowest BCUT2D eigenvalue weighted by Crippen LogP contribution is -2.46. The van der Waals surface area contributed by atoms with Gasteiger partial charge in [0.2, 0.25) is 5.91 Å². The number of ether oxygens (including phenoxy) is 1. The van der Waals surface area contributed by atoms with Gasteiger partial charge in [-0.15, -0.1) is 0 Å². The maximum Gasteiger partial charge on any atom is 0.306 e. The predicted molar refractivity (Wildman–Crippen MR) is 273 cm³/mol. The van der Waals surface area contributed by atoms with Crippen LogP contribution in [0.15, 0.2) is 109 Å². The Bertz CT molecular complexity index is 1300. The number of carbonyl (C=O) groups is 2. The predicted octanol–water partition coefficient (Wildman–Crippen LogP) is 15.5. The van der Waals surface area contributed by atoms with E-state index in [-0.39, 0.29) is 24.9 Å². The molecule has 3 atom stereocenters. The lowest BCUT2D eigenvalue weighted by atomic mass is 10.0. The Hall–Kier alpha value is -3.48. The zero-order valence-corrected chi connectivity index (χ0v) is 40.7. The topological polar surface area (TPSA) is 95.9 Å². The van der Waals surface area contributed by atoms with Crippen LogP contribution in [-0.4, -0.2) is 46.9 Å². The molecule has 0 radical (unpaired) electrons. The van der Waals surface area contributed by atoms with Crippen LogP contribution in [0, 0.1) is 0 Å². The molecule has 0 saturated carbocycles. The molecule has 0 aromatic carbocycles. The zero-order chi connectivity index (χ0) is 45.9. The molecule has 0 spiro atoms. The van der Waals surface area contributed by atoms with Crippen molar-refractivity contribution in [2.45, 2.75) is 232 Å². The first-order valence-electron chi connectivity index (χ1n) is 25.7. The summed E-state index contributed by atoms with van der Waals surface area (Å²) in [6.07, 6.45) is 67.1. The van der Waals surface area contributed by atoms with Crippen molar-refractivity contribution in [2.75, 3.05) is 6.61 Å². The number of allylic oxidation sites excluding steroid dienone is 18. The Morgan fingerprint density at radius 1 is 0.476 bits per heavy atom. The minimum absolute atomic E-state index is 0.0208. The van der Waals surface area contributed by atoms with Gasteiger partial charge >= 0.3 is 5.97 Å². The molecule has 0 saturated heterocycles. The van der Waals surface area contributed by atoms with Gasteiger partial charge in [0, 0.05) is 6.42 Å². The highest BCUT2D eigenvalue weighted by molar-refractivity contribution is 5.77. The number of hydrogen-bond acceptors (Lipinski definition) is 5. The van der Waals surface area contributed by atoms with E-state index in [0.717, 1.165) is 83.5 Å². The summed E-state index contributed by atoms with van der Waals surface area (Å²) in [6.45, 7) is 6.32. The maximum absolute atomic E-state index is 13.2. The van der Waals surface area contributed by atoms with Crippen LogP contribution in [0.4, 0.5) is 0 Å². The molecule has 3 unspecified atom stereocenters. The van der Waals surface area contributed by atoms with Crippen LogP contribution in [-0.2, 0) is 14.3 Å². The Morgan fingerprint density at radius 3 is 1.46 bits per heavy atom. The van der Waals surface area contributed by atoms with E-state index in [1.54, 1.807) is 0 Å². The molecule has 6 heteroatoms. The molecule has 0 bridgehead atoms. The summed E-state index contributed by atoms with van der Waals surface area (Å²) in [5, 5.41) is 23.7. The highest BCUT2D eigenvalue weighted by Gasteiger charge is 2.24. The lowest BCUT2D eigenvalue weighted by molar-refractivity contribution is -0.151. The van der Waals surface area contributed by atoms with E-state index in [1.807, 2.05) is 36.5 Å². The second kappa shape index (κ2) is 49.5. The smallest absolute Gasteiger partial charge is 0.306 e. The van der Waals surface area contributed by atoms with Crippen LogP contribution in [0.2, 0.25) is 0 Å². The first-order valence-corrected chi connectivity index (χ1v) is 25.7. The Morgan fingerprint density at radius 2 is 0.905 bits per heavy atom. The minimum atomic E-state index is -0.815. The lowest BCUT2D eigenvalue weighted by Gasteiger charge is -2.24. The third kappa shape index (κ3) is 44.9. The minimum Gasteiger partial charge on any atom is -0.462 e. The number of hydrogen-bond donors (Lipinski definition) is 3. The van der Waals surface area contributed by atoms with E-state index in [1.165, 1.54) is 77.0 Å². The van der Waals surface area contributed by atoms with Crippen molar-refractivity contribution >= 4 is 11.9 Å². The molecular formula is C57H95NO5. The summed E-state index contributed by atoms with van der Waals surface area (Å²) >= 11 is 0. The van der Waals surface area contributed by atoms with Gasteiger partial charge in [0.25, 0.3) is 0 Å². The summed E-state index contributed by atoms with van der Waals surface area (Å²) in [4.78, 5) is 26.1. The van der Waals surface area contributed by atoms with Gasteiger partial charge in [0.1, 0.15) is 6.10 Å². The SMILES string of the molecule is CCC/C=C/C=C/C=C/C=C/C=C/CCCCCC(CC(=O)NC(CO)C(O)CCCCCCCCCCCCC)OC(=O)CCC/C=C\C/C=C\C/C=C\C/C=C\CCCCC. The molecule has 0 aliphatic heterocycles. The monoisotopic (exact) mass is 874 g/mol. The van der Waals surface area contributed by atoms with Crippen molar-refractivity contribution in [3.05, 3.63) is 109 Å². The average molecular weight is 874 g/mol. The molecule has 6 nitrogen and oxygen atoms in total. The third-order valence-corrected chi connectivity index (χ3v) is 10.9. The molecule has 0 heterocycles. The summed E-state index contributed by atoms with van der Waals surface area (Å²) in [5.41, 5.74) is 0. The van der Waals surface area contributed by atoms with E-state index in [4.69, 9.17) is 4.74 Å². The van der Waals surface area contributed by atoms with Crippen LogP contribution < -0.4 is 5.32 Å². The Kier molecular flexibility index (Phi) is 46.8. The number of esters is 1. The van der Waals surface area contributed by atoms with Crippen LogP contribution in [0.5, 0.6) is 0 Å². The highest BCUT2D eigenvalue weighted by atomic mass is 16.5. The second-order valence-corrected chi connectivity index (χ2v) is 17.0. The van der Waals surface area contributed by atoms with Crippen molar-refractivity contribution < 1.29 is 24.5 Å². The molecule has 0 aromatic rings. The van der Waals surface area contributed by atoms with E-state index in [9.17, 15) is 19.8 Å². The van der Waals surface area contributed by atoms with Crippen molar-refractivity contribution in [2.24, 2.45) is 0 Å². The number of unbranched alkanes of at least 4 members (excludes halogenated alkanes) is 18. The van der Waals surface area contributed by atoms with Crippen LogP contribution in [0.3, 0.4) is 0 Å². The Labute approximate surface area is 388 Å². The van der Waals surface area contributed by atoms with Crippen LogP contribution >= 0.6 is 0 Å². The largest absolute Gasteiger partial charge is 0.462 e. The molecule has 0 fully saturated rings. The number of carbonyl (C=O) groups excluding carboxylic acids is 2. The quantitative estimate of drug-likeness (QED) is 0.0245. The number of aliphatic hydroxyl groups excluding tert-OH is 2. The average Bonchev–Trinajstić information content (AvgIpc) is 3.28. The summed E-state index contributed by atoms with van der Waals surface area (Å²) in [7, 11) is 0. The van der Waals surface area contributed by atoms with Gasteiger partial charge in [-0.25, -0.2) is 0 Å². The fourth-order valence-electron chi connectivity index (χ4n) is 7.04. The van der Waals surface area contributed by atoms with Crippen molar-refractivity contribution in [1.82, 2.24) is 5.32 Å². The van der Waals surface area contributed by atoms with Gasteiger partial charge in [-0.05, 0) is 83.5 Å². The molecule has 358 valence electrons. The van der Waals surface area contributed by atoms with Crippen molar-refractivity contribution in [3.8, 4) is 0 Å². The summed E-state index contributed by atoms with van der Waals surface area (Å²) < 4.78 is 5.89. The standard InChI is InChI=1S/C57H95NO5/c1-4-7-10-13-16-19-22-24-26-28-30-32-35-38-41-44-47-50-57(62)63-53(48-45-42-39-36-34-31-29-27-25-23-20-17-14-11-8-5-2)51-56(61)58-54(52-59)55(60)49-46-43-40-37-33-21-18-15-12-9-6-3/h11,14,16-17,19-20,23-27,29-32,34,38,41,53-55,59-60H,4-10,12-13,15,18,21-22,28,33,35-37,39-40,42-52H2,1-3H3,(H,58,61)/b14-11+,19-16-,20-17+,25-23+,26-24-,29-27+,32-30-,34-31+,41-38-. The molecule has 0 aliphatic rings. The molecule has 0 aromatic heterocycles. The number of aliphatic hydroxyl groups is 2.